The molecule has 2 N–H and O–H groups in total. The summed E-state index contributed by atoms with van der Waals surface area (Å²) in [5.41, 5.74) is -0.340. The van der Waals surface area contributed by atoms with Gasteiger partial charge in [-0.25, -0.2) is 9.59 Å². The number of carbonyl (C=O) groups excluding carboxylic acids is 2. The van der Waals surface area contributed by atoms with Crippen LogP contribution in [0.2, 0.25) is 0 Å². The lowest BCUT2D eigenvalue weighted by atomic mass is 9.91. The monoisotopic (exact) mass is 348 g/mol. The summed E-state index contributed by atoms with van der Waals surface area (Å²) in [6, 6.07) is 14.4. The third kappa shape index (κ3) is 2.84. The van der Waals surface area contributed by atoms with Gasteiger partial charge in [-0.3, -0.25) is 9.59 Å². The predicted molar refractivity (Wildman–Crippen MR) is 93.0 cm³/mol. The summed E-state index contributed by atoms with van der Waals surface area (Å²) in [6.45, 7) is 0. The first kappa shape index (κ1) is 17.0. The van der Waals surface area contributed by atoms with Crippen molar-refractivity contribution in [1.82, 2.24) is 0 Å². The van der Waals surface area contributed by atoms with Gasteiger partial charge in [-0.15, -0.1) is 0 Å². The molecule has 0 amide bonds. The molecule has 0 fully saturated rings. The minimum atomic E-state index is -1.32. The van der Waals surface area contributed by atoms with Crippen LogP contribution in [0.25, 0.3) is 10.8 Å². The Morgan fingerprint density at radius 2 is 1.15 bits per heavy atom. The Hall–Kier alpha value is -3.80. The van der Waals surface area contributed by atoms with Crippen LogP contribution in [0.4, 0.5) is 0 Å². The first-order chi connectivity index (χ1) is 12.4. The number of rotatable bonds is 5. The lowest BCUT2D eigenvalue weighted by molar-refractivity contribution is 0.0695. The van der Waals surface area contributed by atoms with E-state index < -0.39 is 23.5 Å². The number of hydrogen-bond donors (Lipinski definition) is 2. The van der Waals surface area contributed by atoms with Gasteiger partial charge in [0.05, 0.1) is 11.1 Å². The second-order valence-corrected chi connectivity index (χ2v) is 5.52. The fourth-order valence-electron chi connectivity index (χ4n) is 2.80. The highest BCUT2D eigenvalue weighted by Crippen LogP contribution is 2.28. The molecule has 0 aliphatic carbocycles. The quantitative estimate of drug-likeness (QED) is 0.541. The molecule has 3 aromatic carbocycles. The molecule has 128 valence electrons. The number of aromatic carboxylic acids is 2. The Balaban J connectivity index is 2.25. The molecule has 6 nitrogen and oxygen atoms in total. The molecule has 0 unspecified atom stereocenters. The summed E-state index contributed by atoms with van der Waals surface area (Å²) < 4.78 is 0. The van der Waals surface area contributed by atoms with Crippen LogP contribution in [0.5, 0.6) is 0 Å². The molecule has 0 spiro atoms. The van der Waals surface area contributed by atoms with Gasteiger partial charge in [0.2, 0.25) is 11.6 Å². The van der Waals surface area contributed by atoms with Crippen molar-refractivity contribution in [2.75, 3.05) is 0 Å². The molecular weight excluding hydrogens is 336 g/mol. The zero-order chi connectivity index (χ0) is 18.8. The van der Waals surface area contributed by atoms with Gasteiger partial charge >= 0.3 is 11.9 Å². The van der Waals surface area contributed by atoms with E-state index in [-0.39, 0.29) is 33.0 Å². The minimum absolute atomic E-state index is 0.0399. The van der Waals surface area contributed by atoms with Gasteiger partial charge in [-0.1, -0.05) is 42.5 Å². The van der Waals surface area contributed by atoms with Crippen LogP contribution >= 0.6 is 0 Å². The summed E-state index contributed by atoms with van der Waals surface area (Å²) in [5.74, 6) is -4.23. The highest BCUT2D eigenvalue weighted by molar-refractivity contribution is 6.51. The molecule has 0 radical (unpaired) electrons. The zero-order valence-corrected chi connectivity index (χ0v) is 13.3. The molecule has 0 aliphatic rings. The van der Waals surface area contributed by atoms with Gasteiger partial charge in [0, 0.05) is 16.5 Å². The van der Waals surface area contributed by atoms with Crippen LogP contribution in [0.1, 0.15) is 41.4 Å². The lowest BCUT2D eigenvalue weighted by Gasteiger charge is -2.10. The van der Waals surface area contributed by atoms with E-state index in [4.69, 9.17) is 0 Å². The standard InChI is InChI=1S/C20H12O6/c21-17(11-5-2-1-3-6-11)18(22)13-9-10-15(20(25)26)16-12(13)7-4-8-14(16)19(23)24/h1-10H,(H,23,24)(H,25,26). The highest BCUT2D eigenvalue weighted by Gasteiger charge is 2.24. The van der Waals surface area contributed by atoms with Crippen molar-refractivity contribution in [2.24, 2.45) is 0 Å². The number of carbonyl (C=O) groups is 4. The molecule has 0 heterocycles. The van der Waals surface area contributed by atoms with Gasteiger partial charge < -0.3 is 10.2 Å². The number of ketones is 2. The Labute approximate surface area is 147 Å². The SMILES string of the molecule is O=C(C(=O)c1ccc(C(=O)O)c2c(C(=O)O)cccc12)c1ccccc1. The van der Waals surface area contributed by atoms with Crippen LogP contribution in [0.15, 0.2) is 60.7 Å². The normalized spacial score (nSPS) is 10.5. The first-order valence-electron chi connectivity index (χ1n) is 7.58. The topological polar surface area (TPSA) is 109 Å². The van der Waals surface area contributed by atoms with Crippen LogP contribution < -0.4 is 0 Å². The van der Waals surface area contributed by atoms with Gasteiger partial charge in [-0.05, 0) is 23.6 Å². The Bertz CT molecular complexity index is 1050. The van der Waals surface area contributed by atoms with Gasteiger partial charge in [-0.2, -0.15) is 0 Å². The summed E-state index contributed by atoms with van der Waals surface area (Å²) >= 11 is 0. The highest BCUT2D eigenvalue weighted by atomic mass is 16.4. The van der Waals surface area contributed by atoms with E-state index in [1.54, 1.807) is 18.2 Å². The maximum atomic E-state index is 12.7. The van der Waals surface area contributed by atoms with E-state index in [1.807, 2.05) is 0 Å². The van der Waals surface area contributed by atoms with Crippen molar-refractivity contribution in [1.29, 1.82) is 0 Å². The maximum Gasteiger partial charge on any atom is 0.336 e. The molecule has 0 aliphatic heterocycles. The number of carboxylic acid groups (broad SMARTS) is 2. The molecule has 6 heteroatoms. The van der Waals surface area contributed by atoms with Crippen LogP contribution in [-0.4, -0.2) is 33.7 Å². The lowest BCUT2D eigenvalue weighted by Crippen LogP contribution is -2.16. The molecule has 0 atom stereocenters. The molecule has 0 aromatic heterocycles. The maximum absolute atomic E-state index is 12.7. The second-order valence-electron chi connectivity index (χ2n) is 5.52. The minimum Gasteiger partial charge on any atom is -0.478 e. The molecule has 0 saturated carbocycles. The zero-order valence-electron chi connectivity index (χ0n) is 13.3. The molecule has 3 rings (SSSR count). The van der Waals surface area contributed by atoms with Gasteiger partial charge in [0.15, 0.2) is 0 Å². The fourth-order valence-corrected chi connectivity index (χ4v) is 2.80. The summed E-state index contributed by atoms with van der Waals surface area (Å²) in [4.78, 5) is 48.1. The number of Topliss-reactive ketones (excluding diaryl/α,β-unsaturated/α-hetero) is 2. The van der Waals surface area contributed by atoms with Gasteiger partial charge in [0.25, 0.3) is 0 Å². The van der Waals surface area contributed by atoms with Crippen molar-refractivity contribution in [3.05, 3.63) is 82.9 Å². The van der Waals surface area contributed by atoms with E-state index in [0.29, 0.717) is 0 Å². The Kier molecular flexibility index (Phi) is 4.33. The van der Waals surface area contributed by atoms with Crippen molar-refractivity contribution < 1.29 is 29.4 Å². The third-order valence-corrected chi connectivity index (χ3v) is 3.99. The van der Waals surface area contributed by atoms with E-state index in [2.05, 4.69) is 0 Å². The second kappa shape index (κ2) is 6.60. The van der Waals surface area contributed by atoms with Crippen molar-refractivity contribution in [2.45, 2.75) is 0 Å². The third-order valence-electron chi connectivity index (χ3n) is 3.99. The van der Waals surface area contributed by atoms with Crippen molar-refractivity contribution in [3.8, 4) is 0 Å². The Morgan fingerprint density at radius 1 is 0.577 bits per heavy atom. The number of benzene rings is 3. The van der Waals surface area contributed by atoms with E-state index in [9.17, 15) is 29.4 Å². The van der Waals surface area contributed by atoms with E-state index >= 15 is 0 Å². The number of carboxylic acids is 2. The smallest absolute Gasteiger partial charge is 0.336 e. The number of fused-ring (bicyclic) bond motifs is 1. The predicted octanol–water partition coefficient (Wildman–Crippen LogP) is 3.30. The van der Waals surface area contributed by atoms with Crippen molar-refractivity contribution >= 4 is 34.3 Å². The molecular formula is C20H12O6. The van der Waals surface area contributed by atoms with Crippen molar-refractivity contribution in [3.63, 3.8) is 0 Å². The first-order valence-corrected chi connectivity index (χ1v) is 7.58. The average Bonchev–Trinajstić information content (AvgIpc) is 2.65. The molecule has 3 aromatic rings. The summed E-state index contributed by atoms with van der Waals surface area (Å²) in [5, 5.41) is 18.7. The van der Waals surface area contributed by atoms with Gasteiger partial charge in [0.1, 0.15) is 0 Å². The van der Waals surface area contributed by atoms with Crippen LogP contribution in [0, 0.1) is 0 Å². The summed E-state index contributed by atoms with van der Waals surface area (Å²) in [7, 11) is 0. The summed E-state index contributed by atoms with van der Waals surface area (Å²) in [6.07, 6.45) is 0. The average molecular weight is 348 g/mol. The Morgan fingerprint density at radius 3 is 1.77 bits per heavy atom. The van der Waals surface area contributed by atoms with E-state index in [1.165, 1.54) is 36.4 Å². The van der Waals surface area contributed by atoms with Crippen LogP contribution in [0.3, 0.4) is 0 Å². The van der Waals surface area contributed by atoms with Crippen LogP contribution in [-0.2, 0) is 0 Å². The number of hydrogen-bond acceptors (Lipinski definition) is 4. The fraction of sp³-hybridized carbons (Fsp3) is 0. The molecule has 26 heavy (non-hydrogen) atoms. The van der Waals surface area contributed by atoms with E-state index in [0.717, 1.165) is 6.07 Å². The molecule has 0 saturated heterocycles. The largest absolute Gasteiger partial charge is 0.478 e. The molecule has 0 bridgehead atoms.